The predicted molar refractivity (Wildman–Crippen MR) is 108 cm³/mol. The molecular weight excluding hydrogens is 404 g/mol. The molecule has 24 heavy (non-hydrogen) atoms. The molecule has 6 heteroatoms. The first-order valence-corrected chi connectivity index (χ1v) is 10.3. The second-order valence-corrected chi connectivity index (χ2v) is 8.47. The number of thioether (sulfide) groups is 2. The predicted octanol–water partition coefficient (Wildman–Crippen LogP) is 5.08. The van der Waals surface area contributed by atoms with Crippen LogP contribution in [0, 0.1) is 0 Å². The number of rotatable bonds is 4. The molecule has 0 bridgehead atoms. The third-order valence-corrected chi connectivity index (χ3v) is 6.67. The molecule has 124 valence electrons. The molecule has 1 heterocycles. The van der Waals surface area contributed by atoms with Gasteiger partial charge in [0.2, 0.25) is 5.91 Å². The number of para-hydroxylation sites is 1. The average molecular weight is 421 g/mol. The van der Waals surface area contributed by atoms with Crippen LogP contribution in [0.2, 0.25) is 0 Å². The van der Waals surface area contributed by atoms with Crippen LogP contribution in [0.15, 0.2) is 58.0 Å². The molecule has 0 unspecified atom stereocenters. The molecule has 0 atom stereocenters. The Balaban J connectivity index is 1.56. The van der Waals surface area contributed by atoms with Crippen molar-refractivity contribution in [1.82, 2.24) is 4.90 Å². The lowest BCUT2D eigenvalue weighted by Crippen LogP contribution is -2.28. The second-order valence-electron chi connectivity index (χ2n) is 5.42. The zero-order valence-corrected chi connectivity index (χ0v) is 16.5. The number of carbonyl (C=O) groups excluding carboxylic acids is 1. The van der Waals surface area contributed by atoms with E-state index in [0.29, 0.717) is 12.3 Å². The smallest absolute Gasteiger partial charge is 0.233 e. The molecule has 0 aromatic heterocycles. The molecule has 0 fully saturated rings. The Morgan fingerprint density at radius 1 is 1.25 bits per heavy atom. The lowest BCUT2D eigenvalue weighted by molar-refractivity contribution is -0.127. The summed E-state index contributed by atoms with van der Waals surface area (Å²) in [5.41, 5.74) is 3.38. The van der Waals surface area contributed by atoms with Crippen molar-refractivity contribution in [3.63, 3.8) is 0 Å². The van der Waals surface area contributed by atoms with E-state index in [1.165, 1.54) is 17.3 Å². The van der Waals surface area contributed by atoms with Gasteiger partial charge in [0.25, 0.3) is 0 Å². The summed E-state index contributed by atoms with van der Waals surface area (Å²) in [7, 11) is 1.84. The lowest BCUT2D eigenvalue weighted by Gasteiger charge is -2.19. The van der Waals surface area contributed by atoms with E-state index in [2.05, 4.69) is 27.0 Å². The van der Waals surface area contributed by atoms with Crippen LogP contribution in [-0.2, 0) is 17.1 Å². The maximum Gasteiger partial charge on any atom is 0.233 e. The van der Waals surface area contributed by atoms with E-state index < -0.39 is 0 Å². The van der Waals surface area contributed by atoms with E-state index in [-0.39, 0.29) is 5.91 Å². The molecule has 1 amide bonds. The zero-order valence-electron chi connectivity index (χ0n) is 13.2. The van der Waals surface area contributed by atoms with Gasteiger partial charge in [0.15, 0.2) is 0 Å². The number of nitrogens with zero attached hydrogens (tertiary/aromatic N) is 2. The van der Waals surface area contributed by atoms with Gasteiger partial charge in [-0.2, -0.15) is 0 Å². The average Bonchev–Trinajstić information content (AvgIpc) is 2.61. The van der Waals surface area contributed by atoms with Crippen LogP contribution >= 0.6 is 39.5 Å². The summed E-state index contributed by atoms with van der Waals surface area (Å²) in [6.07, 6.45) is 0. The Hall–Kier alpha value is -1.24. The summed E-state index contributed by atoms with van der Waals surface area (Å²) in [6, 6.07) is 16.1. The van der Waals surface area contributed by atoms with Crippen molar-refractivity contribution in [2.24, 2.45) is 4.99 Å². The number of amides is 1. The Kier molecular flexibility index (Phi) is 6.03. The molecule has 3 nitrogen and oxygen atoms in total. The van der Waals surface area contributed by atoms with E-state index in [0.717, 1.165) is 25.9 Å². The maximum absolute atomic E-state index is 12.4. The molecule has 0 aliphatic carbocycles. The molecular formula is C18H17BrN2OS2. The van der Waals surface area contributed by atoms with E-state index >= 15 is 0 Å². The van der Waals surface area contributed by atoms with Crippen molar-refractivity contribution in [2.75, 3.05) is 12.8 Å². The molecule has 0 saturated carbocycles. The Morgan fingerprint density at radius 3 is 2.83 bits per heavy atom. The topological polar surface area (TPSA) is 32.7 Å². The molecule has 0 N–H and O–H groups in total. The lowest BCUT2D eigenvalue weighted by atomic mass is 10.2. The summed E-state index contributed by atoms with van der Waals surface area (Å²) >= 11 is 6.75. The number of aliphatic imine (C=N–C) groups is 1. The molecule has 1 aliphatic rings. The van der Waals surface area contributed by atoms with Crippen molar-refractivity contribution in [2.45, 2.75) is 12.3 Å². The van der Waals surface area contributed by atoms with Crippen LogP contribution < -0.4 is 0 Å². The first kappa shape index (κ1) is 17.6. The maximum atomic E-state index is 12.4. The summed E-state index contributed by atoms with van der Waals surface area (Å²) in [4.78, 5) is 18.8. The standard InChI is InChI=1S/C18H17BrN2OS2/c1-21(10-13-6-2-4-8-15(13)19)17(22)12-24-18-20-16-9-5-3-7-14(16)11-23-18/h2-9H,10-12H2,1H3. The summed E-state index contributed by atoms with van der Waals surface area (Å²) in [5, 5.41) is 0. The fourth-order valence-corrected chi connectivity index (χ4v) is 4.70. The molecule has 1 aliphatic heterocycles. The summed E-state index contributed by atoms with van der Waals surface area (Å²) in [5.74, 6) is 1.44. The molecule has 0 spiro atoms. The van der Waals surface area contributed by atoms with E-state index in [1.54, 1.807) is 16.7 Å². The largest absolute Gasteiger partial charge is 0.341 e. The van der Waals surface area contributed by atoms with Crippen molar-refractivity contribution < 1.29 is 4.79 Å². The quantitative estimate of drug-likeness (QED) is 0.691. The number of hydrogen-bond donors (Lipinski definition) is 0. The molecule has 3 rings (SSSR count). The zero-order chi connectivity index (χ0) is 16.9. The highest BCUT2D eigenvalue weighted by atomic mass is 79.9. The van der Waals surface area contributed by atoms with Gasteiger partial charge in [-0.1, -0.05) is 75.9 Å². The van der Waals surface area contributed by atoms with Crippen molar-refractivity contribution in [3.05, 3.63) is 64.1 Å². The van der Waals surface area contributed by atoms with Gasteiger partial charge < -0.3 is 4.90 Å². The minimum Gasteiger partial charge on any atom is -0.341 e. The van der Waals surface area contributed by atoms with Crippen LogP contribution in [0.5, 0.6) is 0 Å². The van der Waals surface area contributed by atoms with Crippen LogP contribution in [0.4, 0.5) is 5.69 Å². The summed E-state index contributed by atoms with van der Waals surface area (Å²) < 4.78 is 2.00. The Morgan fingerprint density at radius 2 is 2.00 bits per heavy atom. The molecule has 0 radical (unpaired) electrons. The van der Waals surface area contributed by atoms with Crippen molar-refractivity contribution in [3.8, 4) is 0 Å². The number of carbonyl (C=O) groups is 1. The Labute approximate surface area is 159 Å². The number of benzene rings is 2. The first-order chi connectivity index (χ1) is 11.6. The van der Waals surface area contributed by atoms with Gasteiger partial charge in [0.05, 0.1) is 11.4 Å². The van der Waals surface area contributed by atoms with Gasteiger partial charge in [-0.15, -0.1) is 0 Å². The van der Waals surface area contributed by atoms with E-state index in [4.69, 9.17) is 0 Å². The molecule has 2 aromatic rings. The number of fused-ring (bicyclic) bond motifs is 1. The highest BCUT2D eigenvalue weighted by Crippen LogP contribution is 2.34. The van der Waals surface area contributed by atoms with E-state index in [1.807, 2.05) is 49.5 Å². The third-order valence-electron chi connectivity index (χ3n) is 3.66. The fraction of sp³-hybridized carbons (Fsp3) is 0.222. The van der Waals surface area contributed by atoms with Gasteiger partial charge in [-0.05, 0) is 23.3 Å². The number of halogens is 1. The van der Waals surface area contributed by atoms with Crippen LogP contribution in [0.25, 0.3) is 0 Å². The molecule has 2 aromatic carbocycles. The normalized spacial score (nSPS) is 13.2. The minimum atomic E-state index is 0.109. The van der Waals surface area contributed by atoms with Gasteiger partial charge in [-0.3, -0.25) is 4.79 Å². The monoisotopic (exact) mass is 420 g/mol. The van der Waals surface area contributed by atoms with Crippen molar-refractivity contribution >= 4 is 55.4 Å². The fourth-order valence-electron chi connectivity index (χ4n) is 2.29. The van der Waals surface area contributed by atoms with Crippen LogP contribution in [-0.4, -0.2) is 28.0 Å². The first-order valence-electron chi connectivity index (χ1n) is 7.53. The number of hydrogen-bond acceptors (Lipinski definition) is 4. The minimum absolute atomic E-state index is 0.109. The second kappa shape index (κ2) is 8.23. The highest BCUT2D eigenvalue weighted by molar-refractivity contribution is 9.10. The van der Waals surface area contributed by atoms with E-state index in [9.17, 15) is 4.79 Å². The van der Waals surface area contributed by atoms with Crippen molar-refractivity contribution in [1.29, 1.82) is 0 Å². The van der Waals surface area contributed by atoms with Gasteiger partial charge >= 0.3 is 0 Å². The van der Waals surface area contributed by atoms with Crippen LogP contribution in [0.1, 0.15) is 11.1 Å². The molecule has 0 saturated heterocycles. The van der Waals surface area contributed by atoms with Gasteiger partial charge in [0.1, 0.15) is 4.38 Å². The third kappa shape index (κ3) is 4.43. The highest BCUT2D eigenvalue weighted by Gasteiger charge is 2.16. The van der Waals surface area contributed by atoms with Crippen LogP contribution in [0.3, 0.4) is 0 Å². The van der Waals surface area contributed by atoms with Gasteiger partial charge in [-0.25, -0.2) is 4.99 Å². The Bertz CT molecular complexity index is 779. The van der Waals surface area contributed by atoms with Gasteiger partial charge in [0, 0.05) is 23.8 Å². The SMILES string of the molecule is CN(Cc1ccccc1Br)C(=O)CSC1=Nc2ccccc2CS1. The summed E-state index contributed by atoms with van der Waals surface area (Å²) in [6.45, 7) is 0.600.